The molecule has 314 valence electrons. The second kappa shape index (κ2) is 18.5. The molecule has 0 aliphatic carbocycles. The van der Waals surface area contributed by atoms with Gasteiger partial charge in [-0.15, -0.1) is 15.3 Å². The van der Waals surface area contributed by atoms with Gasteiger partial charge in [0.25, 0.3) is 16.0 Å². The molecule has 7 N–H and O–H groups in total. The molecule has 0 aromatic heterocycles. The number of phenols is 2. The van der Waals surface area contributed by atoms with Crippen molar-refractivity contribution in [3.8, 4) is 23.0 Å². The van der Waals surface area contributed by atoms with Crippen molar-refractivity contribution in [2.45, 2.75) is 17.9 Å². The topological polar surface area (TPSA) is 327 Å². The predicted octanol–water partition coefficient (Wildman–Crippen LogP) is 5.97. The van der Waals surface area contributed by atoms with Crippen molar-refractivity contribution in [3.05, 3.63) is 84.9 Å². The zero-order valence-electron chi connectivity index (χ0n) is 31.5. The monoisotopic (exact) mass is 855 g/mol. The van der Waals surface area contributed by atoms with Crippen LogP contribution >= 0.6 is 0 Å². The fraction of sp³-hybridized carbons (Fsp3) is 0.158. The zero-order chi connectivity index (χ0) is 43.8. The van der Waals surface area contributed by atoms with Crippen LogP contribution in [0.1, 0.15) is 6.92 Å². The molecule has 6 rings (SSSR count). The molecule has 1 unspecified atom stereocenters. The lowest BCUT2D eigenvalue weighted by Gasteiger charge is -2.13. The lowest BCUT2D eigenvalue weighted by Crippen LogP contribution is -2.32. The van der Waals surface area contributed by atoms with E-state index in [4.69, 9.17) is 9.47 Å². The molecule has 1 atom stereocenters. The average Bonchev–Trinajstić information content (AvgIpc) is 3.57. The van der Waals surface area contributed by atoms with Crippen molar-refractivity contribution in [2.24, 2.45) is 35.8 Å². The number of benzene rings is 5. The summed E-state index contributed by atoms with van der Waals surface area (Å²) in [6.45, 7) is -0.155. The van der Waals surface area contributed by atoms with Crippen LogP contribution in [0, 0.1) is 0 Å². The zero-order valence-corrected chi connectivity index (χ0v) is 32.3. The lowest BCUT2D eigenvalue weighted by molar-refractivity contribution is -0.130. The van der Waals surface area contributed by atoms with Gasteiger partial charge in [0.15, 0.2) is 17.2 Å². The number of carbonyl (C=O) groups excluding carboxylic acids is 2. The Morgan fingerprint density at radius 3 is 2.02 bits per heavy atom. The van der Waals surface area contributed by atoms with Crippen LogP contribution in [0.25, 0.3) is 10.8 Å². The Morgan fingerprint density at radius 2 is 1.43 bits per heavy atom. The van der Waals surface area contributed by atoms with E-state index in [9.17, 15) is 52.9 Å². The Labute approximate surface area is 344 Å². The van der Waals surface area contributed by atoms with Crippen LogP contribution in [-0.4, -0.2) is 94.5 Å². The largest absolute Gasteiger partial charge is 0.505 e. The molecule has 2 amide bonds. The number of anilines is 2. The van der Waals surface area contributed by atoms with Gasteiger partial charge in [0.05, 0.1) is 30.0 Å². The van der Waals surface area contributed by atoms with Gasteiger partial charge in [-0.2, -0.15) is 33.9 Å². The van der Waals surface area contributed by atoms with Crippen molar-refractivity contribution in [1.82, 2.24) is 0 Å². The van der Waals surface area contributed by atoms with E-state index in [2.05, 4.69) is 41.1 Å². The number of amides is 2. The molecule has 61 heavy (non-hydrogen) atoms. The second-order valence-electron chi connectivity index (χ2n) is 12.5. The molecule has 0 fully saturated rings. The van der Waals surface area contributed by atoms with E-state index >= 15 is 0 Å². The van der Waals surface area contributed by atoms with Crippen LogP contribution < -0.4 is 19.8 Å². The number of carboxylic acid groups (broad SMARTS) is 1. The number of carbonyl (C=O) groups is 3. The Hall–Kier alpha value is -7.73. The molecule has 0 saturated carbocycles. The Bertz CT molecular complexity index is 2750. The first kappa shape index (κ1) is 42.9. The van der Waals surface area contributed by atoms with Crippen molar-refractivity contribution in [1.29, 1.82) is 0 Å². The van der Waals surface area contributed by atoms with Gasteiger partial charge in [-0.3, -0.25) is 14.1 Å². The first-order valence-electron chi connectivity index (χ1n) is 17.7. The lowest BCUT2D eigenvalue weighted by atomic mass is 10.1. The van der Waals surface area contributed by atoms with Gasteiger partial charge in [-0.05, 0) is 53.9 Å². The number of carboxylic acids is 1. The molecule has 0 radical (unpaired) electrons. The summed E-state index contributed by atoms with van der Waals surface area (Å²) < 4.78 is 46.0. The maximum atomic E-state index is 13.3. The highest BCUT2D eigenvalue weighted by molar-refractivity contribution is 7.86. The molecule has 0 saturated heterocycles. The van der Waals surface area contributed by atoms with E-state index in [1.165, 1.54) is 55.5 Å². The van der Waals surface area contributed by atoms with Crippen molar-refractivity contribution in [2.75, 3.05) is 36.8 Å². The maximum Gasteiger partial charge on any atom is 0.355 e. The number of rotatable bonds is 16. The minimum Gasteiger partial charge on any atom is -0.505 e. The van der Waals surface area contributed by atoms with E-state index in [1.807, 2.05) is 0 Å². The molecular formula is C38H33N9O13S. The summed E-state index contributed by atoms with van der Waals surface area (Å²) in [6, 6.07) is 18.1. The molecule has 1 heterocycles. The van der Waals surface area contributed by atoms with Gasteiger partial charge in [-0.25, -0.2) is 4.79 Å². The number of azo groups is 3. The predicted molar refractivity (Wildman–Crippen MR) is 215 cm³/mol. The van der Waals surface area contributed by atoms with Crippen LogP contribution in [0.3, 0.4) is 0 Å². The molecule has 0 spiro atoms. The summed E-state index contributed by atoms with van der Waals surface area (Å²) in [5, 5.41) is 82.4. The molecule has 0 bridgehead atoms. The highest BCUT2D eigenvalue weighted by atomic mass is 32.2. The number of nitrogens with one attached hydrogen (secondary N) is 1. The van der Waals surface area contributed by atoms with Gasteiger partial charge >= 0.3 is 5.97 Å². The molecule has 5 aromatic rings. The normalized spacial score (nSPS) is 14.4. The van der Waals surface area contributed by atoms with Crippen LogP contribution in [0.2, 0.25) is 0 Å². The summed E-state index contributed by atoms with van der Waals surface area (Å²) in [4.78, 5) is 35.8. The summed E-state index contributed by atoms with van der Waals surface area (Å²) in [5.41, 5.74) is -0.971. The number of fused-ring (bicyclic) bond motifs is 1. The van der Waals surface area contributed by atoms with Crippen LogP contribution in [-0.2, 0) is 24.5 Å². The van der Waals surface area contributed by atoms with Gasteiger partial charge in [-0.1, -0.05) is 24.3 Å². The number of hydrazone groups is 1. The quantitative estimate of drug-likeness (QED) is 0.0445. The highest BCUT2D eigenvalue weighted by Gasteiger charge is 2.41. The number of nitrogens with zero attached hydrogens (tertiary/aromatic N) is 8. The third-order valence-corrected chi connectivity index (χ3v) is 9.18. The molecule has 1 aliphatic heterocycles. The van der Waals surface area contributed by atoms with Gasteiger partial charge in [0.1, 0.15) is 52.4 Å². The summed E-state index contributed by atoms with van der Waals surface area (Å²) in [7, 11) is -5.01. The molecule has 1 aliphatic rings. The Morgan fingerprint density at radius 1 is 0.803 bits per heavy atom. The van der Waals surface area contributed by atoms with E-state index < -0.39 is 69.0 Å². The van der Waals surface area contributed by atoms with Gasteiger partial charge in [0, 0.05) is 24.7 Å². The average molecular weight is 856 g/mol. The van der Waals surface area contributed by atoms with Crippen molar-refractivity contribution < 1.29 is 62.4 Å². The number of aliphatic hydroxyl groups excluding tert-OH is 2. The van der Waals surface area contributed by atoms with Crippen LogP contribution in [0.15, 0.2) is 126 Å². The SMILES string of the molecule is CC(=O)Nc1ccc(N=Nc2c(S(=O)(=O)O)cc3ccc(N=Nc4cc(OCCO)c(N=NC5C(=O)N(c6ccccc6)N=C5C(=O)O)cc4OCCO)c(O)c3c2O)cc1. The molecule has 23 heteroatoms. The van der Waals surface area contributed by atoms with Crippen LogP contribution in [0.5, 0.6) is 23.0 Å². The number of hydrogen-bond donors (Lipinski definition) is 7. The van der Waals surface area contributed by atoms with Crippen molar-refractivity contribution in [3.63, 3.8) is 0 Å². The highest BCUT2D eigenvalue weighted by Crippen LogP contribution is 2.48. The maximum absolute atomic E-state index is 13.3. The summed E-state index contributed by atoms with van der Waals surface area (Å²) in [6.07, 6.45) is 0. The fourth-order valence-electron chi connectivity index (χ4n) is 5.63. The van der Waals surface area contributed by atoms with E-state index in [0.29, 0.717) is 5.69 Å². The molecule has 22 nitrogen and oxygen atoms in total. The third kappa shape index (κ3) is 9.77. The van der Waals surface area contributed by atoms with Crippen molar-refractivity contribution >= 4 is 84.2 Å². The minimum absolute atomic E-state index is 0.0645. The molecular weight excluding hydrogens is 823 g/mol. The Kier molecular flexibility index (Phi) is 13.0. The smallest absolute Gasteiger partial charge is 0.355 e. The number of ether oxygens (including phenoxy) is 2. The molecule has 5 aromatic carbocycles. The van der Waals surface area contributed by atoms with E-state index in [0.717, 1.165) is 11.1 Å². The number of aliphatic carboxylic acids is 1. The van der Waals surface area contributed by atoms with Crippen LogP contribution in [0.4, 0.5) is 39.8 Å². The van der Waals surface area contributed by atoms with E-state index in [1.54, 1.807) is 30.3 Å². The number of para-hydroxylation sites is 1. The van der Waals surface area contributed by atoms with E-state index in [-0.39, 0.29) is 69.8 Å². The van der Waals surface area contributed by atoms with Gasteiger partial charge in [0.2, 0.25) is 11.9 Å². The van der Waals surface area contributed by atoms with Gasteiger partial charge < -0.3 is 40.3 Å². The number of hydrogen-bond acceptors (Lipinski definition) is 18. The first-order chi connectivity index (χ1) is 29.2. The summed E-state index contributed by atoms with van der Waals surface area (Å²) >= 11 is 0. The summed E-state index contributed by atoms with van der Waals surface area (Å²) in [5.74, 6) is -4.48. The number of aliphatic hydroxyl groups is 2. The minimum atomic E-state index is -5.01. The first-order valence-corrected chi connectivity index (χ1v) is 19.1. The number of aromatic hydroxyl groups is 2. The fourth-order valence-corrected chi connectivity index (χ4v) is 6.29. The second-order valence-corrected chi connectivity index (χ2v) is 13.9. The Balaban J connectivity index is 1.38. The number of phenolic OH excluding ortho intramolecular Hbond substituents is 2. The third-order valence-electron chi connectivity index (χ3n) is 8.31. The standard InChI is InChI=1S/C38H33N9O13S/c1-20(50)39-22-8-10-23(11-9-22)40-44-32-30(61(56,57)58)17-21-7-12-25(35(51)31(21)36(32)52)41-42-26-18-29(60-16-14-49)27(19-28(26)59-15-13-48)43-45-33-34(38(54)55)46-47(37(33)53)24-5-3-2-4-6-24/h2-12,17-19,33,48-49,51-52H,13-16H2,1H3,(H,39,50)(H,54,55)(H,56,57,58).